The number of ether oxygens (including phenoxy) is 1. The molecule has 1 aliphatic heterocycles. The third-order valence-corrected chi connectivity index (χ3v) is 7.55. The highest BCUT2D eigenvalue weighted by molar-refractivity contribution is 9.10. The lowest BCUT2D eigenvalue weighted by Gasteiger charge is -2.25. The zero-order valence-corrected chi connectivity index (χ0v) is 17.9. The number of anilines is 1. The molecule has 1 aliphatic rings. The van der Waals surface area contributed by atoms with E-state index < -0.39 is 26.1 Å². The minimum atomic E-state index is -3.92. The van der Waals surface area contributed by atoms with Crippen LogP contribution in [0.5, 0.6) is 0 Å². The Kier molecular flexibility index (Phi) is 5.63. The normalized spacial score (nSPS) is 19.7. The monoisotopic (exact) mass is 465 g/mol. The molecule has 0 spiro atoms. The van der Waals surface area contributed by atoms with Gasteiger partial charge in [0.1, 0.15) is 0 Å². The zero-order valence-electron chi connectivity index (χ0n) is 15.5. The summed E-state index contributed by atoms with van der Waals surface area (Å²) < 4.78 is 31.2. The zero-order chi connectivity index (χ0) is 20.5. The molecule has 0 N–H and O–H groups in total. The molecule has 2 aromatic rings. The van der Waals surface area contributed by atoms with Crippen molar-refractivity contribution in [3.8, 4) is 0 Å². The van der Waals surface area contributed by atoms with E-state index in [4.69, 9.17) is 4.74 Å². The van der Waals surface area contributed by atoms with Crippen molar-refractivity contribution in [1.82, 2.24) is 0 Å². The molecule has 0 fully saturated rings. The SMILES string of the molecule is CCOC(=O)[C@]1(Br)CCN(S(=O)(=O)c2ccc(C)cc2)c2ccccc2C1=O. The first-order valence-corrected chi connectivity index (χ1v) is 11.0. The molecule has 0 bridgehead atoms. The molecule has 0 amide bonds. The number of rotatable bonds is 4. The van der Waals surface area contributed by atoms with E-state index >= 15 is 0 Å². The van der Waals surface area contributed by atoms with Crippen LogP contribution in [0, 0.1) is 6.92 Å². The average molecular weight is 466 g/mol. The van der Waals surface area contributed by atoms with Gasteiger partial charge in [-0.15, -0.1) is 0 Å². The number of carbonyl (C=O) groups is 2. The molecule has 3 rings (SSSR count). The maximum absolute atomic E-state index is 13.3. The van der Waals surface area contributed by atoms with Crippen molar-refractivity contribution in [2.45, 2.75) is 29.5 Å². The topological polar surface area (TPSA) is 80.8 Å². The highest BCUT2D eigenvalue weighted by Crippen LogP contribution is 2.39. The van der Waals surface area contributed by atoms with Crippen LogP contribution < -0.4 is 4.31 Å². The predicted octanol–water partition coefficient (Wildman–Crippen LogP) is 3.47. The summed E-state index contributed by atoms with van der Waals surface area (Å²) in [4.78, 5) is 25.8. The van der Waals surface area contributed by atoms with Crippen LogP contribution in [0.25, 0.3) is 0 Å². The maximum Gasteiger partial charge on any atom is 0.331 e. The van der Waals surface area contributed by atoms with Crippen LogP contribution in [-0.2, 0) is 19.6 Å². The third-order valence-electron chi connectivity index (χ3n) is 4.64. The Morgan fingerprint density at radius 2 is 1.82 bits per heavy atom. The van der Waals surface area contributed by atoms with E-state index in [0.29, 0.717) is 0 Å². The molecule has 0 aliphatic carbocycles. The van der Waals surface area contributed by atoms with Crippen molar-refractivity contribution in [3.63, 3.8) is 0 Å². The molecule has 0 saturated heterocycles. The van der Waals surface area contributed by atoms with Gasteiger partial charge in [-0.3, -0.25) is 13.9 Å². The van der Waals surface area contributed by atoms with Crippen LogP contribution >= 0.6 is 15.9 Å². The first-order chi connectivity index (χ1) is 13.2. The molecule has 8 heteroatoms. The lowest BCUT2D eigenvalue weighted by Crippen LogP contribution is -2.43. The summed E-state index contributed by atoms with van der Waals surface area (Å²) in [5.41, 5.74) is 1.34. The Morgan fingerprint density at radius 3 is 2.46 bits per heavy atom. The number of fused-ring (bicyclic) bond motifs is 1. The highest BCUT2D eigenvalue weighted by atomic mass is 79.9. The number of sulfonamides is 1. The van der Waals surface area contributed by atoms with E-state index in [2.05, 4.69) is 15.9 Å². The number of Topliss-reactive ketones (excluding diaryl/α,β-unsaturated/α-hetero) is 1. The minimum Gasteiger partial charge on any atom is -0.465 e. The van der Waals surface area contributed by atoms with Crippen molar-refractivity contribution in [1.29, 1.82) is 0 Å². The van der Waals surface area contributed by atoms with Gasteiger partial charge in [-0.2, -0.15) is 0 Å². The van der Waals surface area contributed by atoms with Gasteiger partial charge in [0, 0.05) is 12.1 Å². The molecule has 1 heterocycles. The average Bonchev–Trinajstić information content (AvgIpc) is 2.79. The Labute approximate surface area is 172 Å². The number of halogens is 1. The lowest BCUT2D eigenvalue weighted by molar-refractivity contribution is -0.144. The van der Waals surface area contributed by atoms with E-state index in [9.17, 15) is 18.0 Å². The van der Waals surface area contributed by atoms with Crippen LogP contribution in [0.1, 0.15) is 29.3 Å². The smallest absolute Gasteiger partial charge is 0.331 e. The predicted molar refractivity (Wildman–Crippen MR) is 109 cm³/mol. The fraction of sp³-hybridized carbons (Fsp3) is 0.300. The molecule has 6 nitrogen and oxygen atoms in total. The fourth-order valence-corrected chi connectivity index (χ4v) is 5.10. The van der Waals surface area contributed by atoms with Crippen molar-refractivity contribution in [2.75, 3.05) is 17.5 Å². The summed E-state index contributed by atoms with van der Waals surface area (Å²) in [6.07, 6.45) is -0.0512. The number of esters is 1. The summed E-state index contributed by atoms with van der Waals surface area (Å²) in [6.45, 7) is 3.59. The van der Waals surface area contributed by atoms with Gasteiger partial charge >= 0.3 is 5.97 Å². The largest absolute Gasteiger partial charge is 0.465 e. The van der Waals surface area contributed by atoms with Gasteiger partial charge in [0.2, 0.25) is 0 Å². The van der Waals surface area contributed by atoms with Crippen molar-refractivity contribution >= 4 is 43.4 Å². The molecule has 2 aromatic carbocycles. The van der Waals surface area contributed by atoms with Crippen LogP contribution in [0.2, 0.25) is 0 Å². The van der Waals surface area contributed by atoms with E-state index in [1.807, 2.05) is 6.92 Å². The Bertz CT molecular complexity index is 1020. The van der Waals surface area contributed by atoms with E-state index in [1.54, 1.807) is 37.3 Å². The van der Waals surface area contributed by atoms with Crippen molar-refractivity contribution in [3.05, 3.63) is 59.7 Å². The lowest BCUT2D eigenvalue weighted by atomic mass is 9.95. The molecule has 1 atom stereocenters. The fourth-order valence-electron chi connectivity index (χ4n) is 3.11. The number of nitrogens with zero attached hydrogens (tertiary/aromatic N) is 1. The molecule has 0 aromatic heterocycles. The van der Waals surface area contributed by atoms with Crippen LogP contribution in [-0.4, -0.2) is 37.6 Å². The quantitative estimate of drug-likeness (QED) is 0.392. The second-order valence-electron chi connectivity index (χ2n) is 6.51. The number of hydrogen-bond acceptors (Lipinski definition) is 5. The van der Waals surface area contributed by atoms with Crippen LogP contribution in [0.4, 0.5) is 5.69 Å². The Balaban J connectivity index is 2.13. The Hall–Kier alpha value is -2.19. The minimum absolute atomic E-state index is 0.0512. The van der Waals surface area contributed by atoms with Gasteiger partial charge in [0.25, 0.3) is 10.0 Å². The summed E-state index contributed by atoms with van der Waals surface area (Å²) in [7, 11) is -3.92. The second-order valence-corrected chi connectivity index (χ2v) is 9.72. The summed E-state index contributed by atoms with van der Waals surface area (Å²) >= 11 is 3.26. The van der Waals surface area contributed by atoms with Gasteiger partial charge < -0.3 is 4.74 Å². The molecular formula is C20H20BrNO5S. The molecular weight excluding hydrogens is 446 g/mol. The van der Waals surface area contributed by atoms with E-state index in [0.717, 1.165) is 5.56 Å². The maximum atomic E-state index is 13.3. The molecule has 28 heavy (non-hydrogen) atoms. The van der Waals surface area contributed by atoms with Crippen LogP contribution in [0.3, 0.4) is 0 Å². The van der Waals surface area contributed by atoms with Gasteiger partial charge in [-0.25, -0.2) is 8.42 Å². The second kappa shape index (κ2) is 7.67. The summed E-state index contributed by atoms with van der Waals surface area (Å²) in [6, 6.07) is 12.9. The van der Waals surface area contributed by atoms with Gasteiger partial charge in [-0.05, 0) is 44.5 Å². The molecule has 0 unspecified atom stereocenters. The number of ketones is 1. The van der Waals surface area contributed by atoms with E-state index in [1.165, 1.54) is 22.5 Å². The van der Waals surface area contributed by atoms with E-state index in [-0.39, 0.29) is 35.7 Å². The summed E-state index contributed by atoms with van der Waals surface area (Å²) in [5, 5.41) is 0. The molecule has 0 radical (unpaired) electrons. The number of para-hydroxylation sites is 1. The molecule has 148 valence electrons. The number of aryl methyl sites for hydroxylation is 1. The van der Waals surface area contributed by atoms with Gasteiger partial charge in [0.15, 0.2) is 10.1 Å². The van der Waals surface area contributed by atoms with Crippen molar-refractivity contribution in [2.24, 2.45) is 0 Å². The molecule has 0 saturated carbocycles. The first kappa shape index (κ1) is 20.5. The first-order valence-electron chi connectivity index (χ1n) is 8.81. The highest BCUT2D eigenvalue weighted by Gasteiger charge is 2.49. The standard InChI is InChI=1S/C20H20BrNO5S/c1-3-27-19(24)20(21)12-13-22(17-7-5-4-6-16(17)18(20)23)28(25,26)15-10-8-14(2)9-11-15/h4-11H,3,12-13H2,1-2H3/t20-/m0/s1. The Morgan fingerprint density at radius 1 is 1.18 bits per heavy atom. The third kappa shape index (κ3) is 3.46. The van der Waals surface area contributed by atoms with Crippen LogP contribution in [0.15, 0.2) is 53.4 Å². The van der Waals surface area contributed by atoms with Gasteiger partial charge in [0.05, 0.1) is 17.2 Å². The number of benzene rings is 2. The van der Waals surface area contributed by atoms with Gasteiger partial charge in [-0.1, -0.05) is 45.8 Å². The summed E-state index contributed by atoms with van der Waals surface area (Å²) in [5.74, 6) is -1.23. The number of carbonyl (C=O) groups excluding carboxylic acids is 2. The van der Waals surface area contributed by atoms with Crippen molar-refractivity contribution < 1.29 is 22.7 Å². The number of hydrogen-bond donors (Lipinski definition) is 0. The number of alkyl halides is 1.